The number of carbonyl (C=O) groups excluding carboxylic acids is 1. The van der Waals surface area contributed by atoms with Crippen molar-refractivity contribution in [2.75, 3.05) is 19.8 Å². The number of thiophene rings is 1. The zero-order valence-electron chi connectivity index (χ0n) is 22.6. The average Bonchev–Trinajstić information content (AvgIpc) is 3.58. The third kappa shape index (κ3) is 6.52. The van der Waals surface area contributed by atoms with Gasteiger partial charge in [0.1, 0.15) is 0 Å². The van der Waals surface area contributed by atoms with E-state index >= 15 is 0 Å². The van der Waals surface area contributed by atoms with Gasteiger partial charge in [0.15, 0.2) is 15.5 Å². The molecule has 0 spiro atoms. The maximum absolute atomic E-state index is 13.2. The number of nitrogens with two attached hydrogens (primary N) is 1. The van der Waals surface area contributed by atoms with Crippen molar-refractivity contribution in [2.45, 2.75) is 25.2 Å². The standard InChI is InChI=1S/C29H30ClN5O3S2/c1-18(31)22(19(2)32-3)14-15-33-29(36)24-17-26(35(34-24)25-11-6-5-10-23(25)30)28-13-12-27(39-28)20-8-7-9-21(16-20)40(4,37)38/h5-13,16-17H,14-15,31H2,1-4H3,(H,33,36). The van der Waals surface area contributed by atoms with Gasteiger partial charge in [-0.05, 0) is 73.9 Å². The van der Waals surface area contributed by atoms with Crippen LogP contribution in [0.5, 0.6) is 0 Å². The van der Waals surface area contributed by atoms with Crippen molar-refractivity contribution in [1.29, 1.82) is 0 Å². The summed E-state index contributed by atoms with van der Waals surface area (Å²) in [5.74, 6) is -0.329. The Hall–Kier alpha value is -3.73. The lowest BCUT2D eigenvalue weighted by Gasteiger charge is -2.10. The van der Waals surface area contributed by atoms with Gasteiger partial charge in [-0.2, -0.15) is 5.10 Å². The van der Waals surface area contributed by atoms with E-state index < -0.39 is 9.84 Å². The summed E-state index contributed by atoms with van der Waals surface area (Å²) in [4.78, 5) is 19.3. The first-order valence-corrected chi connectivity index (χ1v) is 15.5. The second kappa shape index (κ2) is 12.2. The smallest absolute Gasteiger partial charge is 0.271 e. The largest absolute Gasteiger partial charge is 0.402 e. The molecule has 2 aromatic heterocycles. The molecule has 8 nitrogen and oxygen atoms in total. The monoisotopic (exact) mass is 595 g/mol. The molecule has 0 bridgehead atoms. The molecule has 0 aliphatic rings. The molecule has 0 radical (unpaired) electrons. The van der Waals surface area contributed by atoms with Crippen molar-refractivity contribution in [3.05, 3.63) is 88.7 Å². The van der Waals surface area contributed by atoms with Crippen molar-refractivity contribution in [2.24, 2.45) is 10.7 Å². The minimum Gasteiger partial charge on any atom is -0.402 e. The highest BCUT2D eigenvalue weighted by Gasteiger charge is 2.20. The summed E-state index contributed by atoms with van der Waals surface area (Å²) in [5.41, 5.74) is 10.7. The molecule has 0 aliphatic carbocycles. The molecule has 0 aliphatic heterocycles. The van der Waals surface area contributed by atoms with E-state index in [1.54, 1.807) is 42.1 Å². The van der Waals surface area contributed by atoms with Crippen molar-refractivity contribution in [3.63, 3.8) is 0 Å². The summed E-state index contributed by atoms with van der Waals surface area (Å²) >= 11 is 7.98. The normalized spacial score (nSPS) is 12.8. The molecular formula is C29H30ClN5O3S2. The number of para-hydroxylation sites is 1. The van der Waals surface area contributed by atoms with Gasteiger partial charge in [-0.15, -0.1) is 11.3 Å². The van der Waals surface area contributed by atoms with E-state index in [-0.39, 0.29) is 16.5 Å². The van der Waals surface area contributed by atoms with Gasteiger partial charge < -0.3 is 11.1 Å². The van der Waals surface area contributed by atoms with Crippen LogP contribution in [0.3, 0.4) is 0 Å². The molecule has 11 heteroatoms. The average molecular weight is 596 g/mol. The second-order valence-electron chi connectivity index (χ2n) is 9.22. The number of hydrogen-bond acceptors (Lipinski definition) is 7. The number of nitrogens with zero attached hydrogens (tertiary/aromatic N) is 3. The number of carbonyl (C=O) groups is 1. The minimum atomic E-state index is -3.34. The van der Waals surface area contributed by atoms with Gasteiger partial charge in [0.05, 0.1) is 26.2 Å². The Morgan fingerprint density at radius 2 is 1.80 bits per heavy atom. The van der Waals surface area contributed by atoms with Gasteiger partial charge in [0.25, 0.3) is 5.91 Å². The van der Waals surface area contributed by atoms with Gasteiger partial charge in [-0.25, -0.2) is 13.1 Å². The van der Waals surface area contributed by atoms with Crippen LogP contribution >= 0.6 is 22.9 Å². The third-order valence-electron chi connectivity index (χ3n) is 6.34. The van der Waals surface area contributed by atoms with Crippen LogP contribution in [0.1, 0.15) is 30.8 Å². The second-order valence-corrected chi connectivity index (χ2v) is 12.7. The van der Waals surface area contributed by atoms with E-state index in [1.165, 1.54) is 17.6 Å². The number of sulfone groups is 1. The van der Waals surface area contributed by atoms with E-state index in [9.17, 15) is 13.2 Å². The number of allylic oxidation sites excluding steroid dienone is 1. The molecule has 2 heterocycles. The zero-order chi connectivity index (χ0) is 29.0. The Kier molecular flexibility index (Phi) is 8.92. The lowest BCUT2D eigenvalue weighted by atomic mass is 10.1. The Labute approximate surface area is 243 Å². The predicted octanol–water partition coefficient (Wildman–Crippen LogP) is 5.77. The lowest BCUT2D eigenvalue weighted by molar-refractivity contribution is 0.0948. The van der Waals surface area contributed by atoms with E-state index in [4.69, 9.17) is 17.3 Å². The summed E-state index contributed by atoms with van der Waals surface area (Å²) in [6.07, 6.45) is 1.73. The highest BCUT2D eigenvalue weighted by atomic mass is 35.5. The number of halogens is 1. The third-order valence-corrected chi connectivity index (χ3v) is 8.92. The highest BCUT2D eigenvalue weighted by Crippen LogP contribution is 2.37. The first kappa shape index (κ1) is 29.3. The summed E-state index contributed by atoms with van der Waals surface area (Å²) in [7, 11) is -1.64. The fraction of sp³-hybridized carbons (Fsp3) is 0.207. The number of aliphatic imine (C=N–C) groups is 1. The van der Waals surface area contributed by atoms with Crippen LogP contribution < -0.4 is 11.1 Å². The Balaban J connectivity index is 1.68. The molecule has 0 unspecified atom stereocenters. The van der Waals surface area contributed by atoms with Crippen molar-refractivity contribution >= 4 is 44.4 Å². The Morgan fingerprint density at radius 3 is 2.48 bits per heavy atom. The molecule has 40 heavy (non-hydrogen) atoms. The van der Waals surface area contributed by atoms with Crippen molar-refractivity contribution in [1.82, 2.24) is 15.1 Å². The molecule has 0 saturated carbocycles. The van der Waals surface area contributed by atoms with E-state index in [1.807, 2.05) is 50.2 Å². The maximum Gasteiger partial charge on any atom is 0.271 e. The summed E-state index contributed by atoms with van der Waals surface area (Å²) < 4.78 is 25.8. The quantitative estimate of drug-likeness (QED) is 0.238. The number of nitrogens with one attached hydrogen (secondary N) is 1. The zero-order valence-corrected chi connectivity index (χ0v) is 25.0. The fourth-order valence-electron chi connectivity index (χ4n) is 4.18. The molecule has 0 fully saturated rings. The molecular weight excluding hydrogens is 566 g/mol. The number of aromatic nitrogens is 2. The number of hydrogen-bond donors (Lipinski definition) is 2. The van der Waals surface area contributed by atoms with Crippen LogP contribution in [-0.2, 0) is 9.84 Å². The van der Waals surface area contributed by atoms with E-state index in [0.29, 0.717) is 35.1 Å². The minimum absolute atomic E-state index is 0.236. The molecule has 0 saturated heterocycles. The fourth-order valence-corrected chi connectivity index (χ4v) is 6.06. The summed E-state index contributed by atoms with van der Waals surface area (Å²) in [6, 6.07) is 19.7. The van der Waals surface area contributed by atoms with Crippen LogP contribution in [0.2, 0.25) is 5.02 Å². The van der Waals surface area contributed by atoms with Gasteiger partial charge in [-0.3, -0.25) is 9.79 Å². The number of benzene rings is 2. The Morgan fingerprint density at radius 1 is 1.07 bits per heavy atom. The van der Waals surface area contributed by atoms with Gasteiger partial charge in [0.2, 0.25) is 0 Å². The van der Waals surface area contributed by atoms with Gasteiger partial charge in [0, 0.05) is 36.1 Å². The molecule has 208 valence electrons. The highest BCUT2D eigenvalue weighted by molar-refractivity contribution is 7.90. The van der Waals surface area contributed by atoms with Crippen LogP contribution in [-0.4, -0.2) is 49.7 Å². The SMILES string of the molecule is CN=C(C)C(CCNC(=O)c1cc(-c2ccc(-c3cccc(S(C)(=O)=O)c3)s2)n(-c2ccccc2Cl)n1)=C(C)N. The number of amides is 1. The van der Waals surface area contributed by atoms with Gasteiger partial charge >= 0.3 is 0 Å². The molecule has 0 atom stereocenters. The number of rotatable bonds is 9. The topological polar surface area (TPSA) is 119 Å². The van der Waals surface area contributed by atoms with Crippen molar-refractivity contribution in [3.8, 4) is 26.7 Å². The van der Waals surface area contributed by atoms with Crippen LogP contribution in [0.25, 0.3) is 26.7 Å². The van der Waals surface area contributed by atoms with E-state index in [2.05, 4.69) is 15.4 Å². The summed E-state index contributed by atoms with van der Waals surface area (Å²) in [5, 5.41) is 8.03. The predicted molar refractivity (Wildman–Crippen MR) is 163 cm³/mol. The molecule has 2 aromatic carbocycles. The molecule has 3 N–H and O–H groups in total. The van der Waals surface area contributed by atoms with E-state index in [0.717, 1.165) is 26.6 Å². The Bertz CT molecular complexity index is 1730. The molecule has 1 amide bonds. The van der Waals surface area contributed by atoms with Crippen LogP contribution in [0, 0.1) is 0 Å². The lowest BCUT2D eigenvalue weighted by Crippen LogP contribution is -2.26. The first-order chi connectivity index (χ1) is 19.0. The van der Waals surface area contributed by atoms with Gasteiger partial charge in [-0.1, -0.05) is 35.9 Å². The first-order valence-electron chi connectivity index (χ1n) is 12.4. The van der Waals surface area contributed by atoms with Crippen molar-refractivity contribution < 1.29 is 13.2 Å². The van der Waals surface area contributed by atoms with Crippen LogP contribution in [0.15, 0.2) is 87.9 Å². The summed E-state index contributed by atoms with van der Waals surface area (Å²) in [6.45, 7) is 4.07. The maximum atomic E-state index is 13.2. The molecule has 4 rings (SSSR count). The molecule has 4 aromatic rings. The van der Waals surface area contributed by atoms with Crippen LogP contribution in [0.4, 0.5) is 0 Å².